The number of esters is 1. The van der Waals surface area contributed by atoms with Crippen LogP contribution in [-0.4, -0.2) is 23.7 Å². The van der Waals surface area contributed by atoms with Crippen LogP contribution in [0.5, 0.6) is 0 Å². The first-order chi connectivity index (χ1) is 9.65. The highest BCUT2D eigenvalue weighted by Gasteiger charge is 2.40. The lowest BCUT2D eigenvalue weighted by atomic mass is 9.89. The average molecular weight is 274 g/mol. The van der Waals surface area contributed by atoms with Crippen LogP contribution in [0.2, 0.25) is 0 Å². The van der Waals surface area contributed by atoms with Gasteiger partial charge in [-0.05, 0) is 49.1 Å². The fourth-order valence-corrected chi connectivity index (χ4v) is 3.69. The lowest BCUT2D eigenvalue weighted by molar-refractivity contribution is 0.0387. The Kier molecular flexibility index (Phi) is 3.47. The third-order valence-corrected chi connectivity index (χ3v) is 4.69. The van der Waals surface area contributed by atoms with Crippen LogP contribution in [0.15, 0.2) is 24.3 Å². The molecule has 0 spiro atoms. The number of fused-ring (bicyclic) bond motifs is 2. The Hall–Kier alpha value is -1.84. The Morgan fingerprint density at radius 1 is 1.15 bits per heavy atom. The van der Waals surface area contributed by atoms with Gasteiger partial charge in [-0.2, -0.15) is 0 Å². The van der Waals surface area contributed by atoms with Crippen LogP contribution >= 0.6 is 0 Å². The highest BCUT2D eigenvalue weighted by atomic mass is 16.5. The van der Waals surface area contributed by atoms with E-state index in [9.17, 15) is 9.59 Å². The fraction of sp³-hybridized carbons (Fsp3) is 0.500. The minimum Gasteiger partial charge on any atom is -0.478 e. The number of hydrogen-bond acceptors (Lipinski definition) is 3. The molecule has 0 aliphatic heterocycles. The lowest BCUT2D eigenvalue weighted by Gasteiger charge is -2.21. The van der Waals surface area contributed by atoms with Gasteiger partial charge in [-0.1, -0.05) is 18.6 Å². The molecule has 0 aromatic heterocycles. The van der Waals surface area contributed by atoms with Gasteiger partial charge in [0, 0.05) is 0 Å². The van der Waals surface area contributed by atoms with Crippen molar-refractivity contribution >= 4 is 11.9 Å². The lowest BCUT2D eigenvalue weighted by Crippen LogP contribution is -2.20. The SMILES string of the molecule is O=C(O)c1ccccc1C(=O)OCC1CC2CCC1C2. The third kappa shape index (κ3) is 2.42. The van der Waals surface area contributed by atoms with E-state index in [1.54, 1.807) is 12.1 Å². The largest absolute Gasteiger partial charge is 0.478 e. The van der Waals surface area contributed by atoms with Crippen molar-refractivity contribution in [1.82, 2.24) is 0 Å². The van der Waals surface area contributed by atoms with E-state index in [0.717, 1.165) is 12.3 Å². The van der Waals surface area contributed by atoms with Crippen LogP contribution in [0.1, 0.15) is 46.4 Å². The number of carboxylic acid groups (broad SMARTS) is 1. The highest BCUT2D eigenvalue weighted by Crippen LogP contribution is 2.48. The molecule has 1 aromatic carbocycles. The van der Waals surface area contributed by atoms with Crippen molar-refractivity contribution in [3.63, 3.8) is 0 Å². The van der Waals surface area contributed by atoms with E-state index in [1.807, 2.05) is 0 Å². The molecule has 2 aliphatic carbocycles. The quantitative estimate of drug-likeness (QED) is 0.857. The zero-order chi connectivity index (χ0) is 14.1. The average Bonchev–Trinajstić information content (AvgIpc) is 3.07. The van der Waals surface area contributed by atoms with Crippen LogP contribution in [0.4, 0.5) is 0 Å². The molecule has 4 nitrogen and oxygen atoms in total. The minimum atomic E-state index is -1.10. The van der Waals surface area contributed by atoms with E-state index in [0.29, 0.717) is 18.4 Å². The summed E-state index contributed by atoms with van der Waals surface area (Å²) >= 11 is 0. The second kappa shape index (κ2) is 5.27. The first kappa shape index (κ1) is 13.2. The molecule has 2 fully saturated rings. The summed E-state index contributed by atoms with van der Waals surface area (Å²) in [5, 5.41) is 9.07. The molecule has 1 aromatic rings. The predicted octanol–water partition coefficient (Wildman–Crippen LogP) is 2.98. The molecule has 2 aliphatic rings. The van der Waals surface area contributed by atoms with Crippen LogP contribution in [-0.2, 0) is 4.74 Å². The summed E-state index contributed by atoms with van der Waals surface area (Å²) in [7, 11) is 0. The van der Waals surface area contributed by atoms with E-state index in [1.165, 1.54) is 31.4 Å². The van der Waals surface area contributed by atoms with E-state index in [4.69, 9.17) is 9.84 Å². The second-order valence-corrected chi connectivity index (χ2v) is 5.88. The topological polar surface area (TPSA) is 63.6 Å². The molecule has 1 N–H and O–H groups in total. The summed E-state index contributed by atoms with van der Waals surface area (Å²) in [5.74, 6) is 0.357. The Bertz CT molecular complexity index is 537. The van der Waals surface area contributed by atoms with E-state index in [-0.39, 0.29) is 11.1 Å². The Morgan fingerprint density at radius 2 is 1.90 bits per heavy atom. The summed E-state index contributed by atoms with van der Waals surface area (Å²) < 4.78 is 5.35. The maximum Gasteiger partial charge on any atom is 0.339 e. The van der Waals surface area contributed by atoms with Gasteiger partial charge in [-0.15, -0.1) is 0 Å². The van der Waals surface area contributed by atoms with Crippen molar-refractivity contribution in [2.75, 3.05) is 6.61 Å². The van der Waals surface area contributed by atoms with Gasteiger partial charge in [-0.3, -0.25) is 0 Å². The van der Waals surface area contributed by atoms with Crippen molar-refractivity contribution in [3.8, 4) is 0 Å². The standard InChI is InChI=1S/C16H18O4/c17-15(18)13-3-1-2-4-14(13)16(19)20-9-12-8-10-5-6-11(12)7-10/h1-4,10-12H,5-9H2,(H,17,18). The van der Waals surface area contributed by atoms with Gasteiger partial charge >= 0.3 is 11.9 Å². The van der Waals surface area contributed by atoms with Gasteiger partial charge in [0.1, 0.15) is 0 Å². The highest BCUT2D eigenvalue weighted by molar-refractivity contribution is 6.02. The maximum absolute atomic E-state index is 12.0. The zero-order valence-electron chi connectivity index (χ0n) is 11.2. The number of hydrogen-bond donors (Lipinski definition) is 1. The first-order valence-electron chi connectivity index (χ1n) is 7.14. The predicted molar refractivity (Wildman–Crippen MR) is 72.6 cm³/mol. The Labute approximate surface area is 117 Å². The monoisotopic (exact) mass is 274 g/mol. The molecule has 3 atom stereocenters. The van der Waals surface area contributed by atoms with E-state index in [2.05, 4.69) is 0 Å². The molecule has 3 rings (SSSR count). The van der Waals surface area contributed by atoms with Crippen LogP contribution in [0.3, 0.4) is 0 Å². The van der Waals surface area contributed by atoms with Crippen molar-refractivity contribution < 1.29 is 19.4 Å². The molecule has 0 amide bonds. The maximum atomic E-state index is 12.0. The zero-order valence-corrected chi connectivity index (χ0v) is 11.2. The Morgan fingerprint density at radius 3 is 2.50 bits per heavy atom. The number of aromatic carboxylic acids is 1. The number of benzene rings is 1. The summed E-state index contributed by atoms with van der Waals surface area (Å²) in [4.78, 5) is 23.1. The van der Waals surface area contributed by atoms with Gasteiger partial charge in [0.05, 0.1) is 17.7 Å². The van der Waals surface area contributed by atoms with E-state index < -0.39 is 11.9 Å². The number of carbonyl (C=O) groups is 2. The number of carboxylic acids is 1. The van der Waals surface area contributed by atoms with Crippen LogP contribution in [0.25, 0.3) is 0 Å². The first-order valence-corrected chi connectivity index (χ1v) is 7.14. The van der Waals surface area contributed by atoms with Crippen molar-refractivity contribution in [3.05, 3.63) is 35.4 Å². The molecule has 0 radical (unpaired) electrons. The fourth-order valence-electron chi connectivity index (χ4n) is 3.69. The third-order valence-electron chi connectivity index (χ3n) is 4.69. The number of rotatable bonds is 4. The summed E-state index contributed by atoms with van der Waals surface area (Å²) in [6.45, 7) is 0.425. The molecule has 0 heterocycles. The summed E-state index contributed by atoms with van der Waals surface area (Å²) in [6.07, 6.45) is 4.99. The van der Waals surface area contributed by atoms with Gasteiger partial charge in [-0.25, -0.2) is 9.59 Å². The summed E-state index contributed by atoms with van der Waals surface area (Å²) in [5.41, 5.74) is 0.147. The number of ether oxygens (including phenoxy) is 1. The second-order valence-electron chi connectivity index (χ2n) is 5.88. The van der Waals surface area contributed by atoms with Gasteiger partial charge < -0.3 is 9.84 Å². The molecule has 20 heavy (non-hydrogen) atoms. The van der Waals surface area contributed by atoms with E-state index >= 15 is 0 Å². The van der Waals surface area contributed by atoms with Gasteiger partial charge in [0.25, 0.3) is 0 Å². The summed E-state index contributed by atoms with van der Waals surface area (Å²) in [6, 6.07) is 6.19. The van der Waals surface area contributed by atoms with Crippen molar-refractivity contribution in [1.29, 1.82) is 0 Å². The van der Waals surface area contributed by atoms with Crippen molar-refractivity contribution in [2.45, 2.75) is 25.7 Å². The molecule has 4 heteroatoms. The minimum absolute atomic E-state index is 0.00504. The van der Waals surface area contributed by atoms with Gasteiger partial charge in [0.2, 0.25) is 0 Å². The smallest absolute Gasteiger partial charge is 0.339 e. The molecular weight excluding hydrogens is 256 g/mol. The molecule has 106 valence electrons. The van der Waals surface area contributed by atoms with Gasteiger partial charge in [0.15, 0.2) is 0 Å². The molecular formula is C16H18O4. The molecule has 2 saturated carbocycles. The molecule has 0 saturated heterocycles. The van der Waals surface area contributed by atoms with Crippen LogP contribution < -0.4 is 0 Å². The van der Waals surface area contributed by atoms with Crippen LogP contribution in [0, 0.1) is 17.8 Å². The number of carbonyl (C=O) groups excluding carboxylic acids is 1. The molecule has 3 unspecified atom stereocenters. The molecule has 2 bridgehead atoms. The van der Waals surface area contributed by atoms with Crippen molar-refractivity contribution in [2.24, 2.45) is 17.8 Å². The normalized spacial score (nSPS) is 27.5. The Balaban J connectivity index is 1.64.